The largest absolute Gasteiger partial charge is 0.373 e. The summed E-state index contributed by atoms with van der Waals surface area (Å²) in [6.45, 7) is 7.06. The Morgan fingerprint density at radius 2 is 1.90 bits per heavy atom. The van der Waals surface area contributed by atoms with Gasteiger partial charge in [0, 0.05) is 25.1 Å². The summed E-state index contributed by atoms with van der Waals surface area (Å²) in [5.41, 5.74) is 8.07. The zero-order valence-electron chi connectivity index (χ0n) is 19.7. The van der Waals surface area contributed by atoms with Crippen molar-refractivity contribution in [2.75, 3.05) is 11.9 Å². The molecule has 0 bridgehead atoms. The zero-order valence-corrected chi connectivity index (χ0v) is 19.7. The van der Waals surface area contributed by atoms with Gasteiger partial charge in [-0.1, -0.05) is 58.1 Å². The van der Waals surface area contributed by atoms with E-state index in [2.05, 4.69) is 19.2 Å². The van der Waals surface area contributed by atoms with E-state index in [-0.39, 0.29) is 11.4 Å². The molecule has 31 heavy (non-hydrogen) atoms. The van der Waals surface area contributed by atoms with Crippen LogP contribution in [0.15, 0.2) is 29.3 Å². The van der Waals surface area contributed by atoms with E-state index in [4.69, 9.17) is 10.7 Å². The summed E-state index contributed by atoms with van der Waals surface area (Å²) in [6, 6.07) is 7.84. The molecule has 0 fully saturated rings. The third-order valence-electron chi connectivity index (χ3n) is 6.16. The summed E-state index contributed by atoms with van der Waals surface area (Å²) < 4.78 is 0. The summed E-state index contributed by atoms with van der Waals surface area (Å²) in [7, 11) is 0. The van der Waals surface area contributed by atoms with Crippen molar-refractivity contribution in [2.45, 2.75) is 103 Å². The average Bonchev–Trinajstić information content (AvgIpc) is 2.72. The van der Waals surface area contributed by atoms with Gasteiger partial charge in [0.25, 0.3) is 0 Å². The predicted molar refractivity (Wildman–Crippen MR) is 129 cm³/mol. The van der Waals surface area contributed by atoms with Crippen LogP contribution in [0.25, 0.3) is 0 Å². The van der Waals surface area contributed by atoms with Crippen molar-refractivity contribution >= 4 is 17.6 Å². The lowest BCUT2D eigenvalue weighted by molar-refractivity contribution is -0.116. The first kappa shape index (κ1) is 25.2. The molecule has 0 spiro atoms. The highest BCUT2D eigenvalue weighted by Crippen LogP contribution is 2.35. The minimum atomic E-state index is -0.573. The van der Waals surface area contributed by atoms with E-state index in [0.717, 1.165) is 69.0 Å². The molecule has 4 N–H and O–H groups in total. The zero-order chi connectivity index (χ0) is 22.7. The average molecular weight is 431 g/mol. The maximum Gasteiger partial charge on any atom is 0.224 e. The number of nitrogens with one attached hydrogen (secondary N) is 1. The Hall–Kier alpha value is -2.08. The van der Waals surface area contributed by atoms with Crippen LogP contribution in [0.5, 0.6) is 0 Å². The van der Waals surface area contributed by atoms with Gasteiger partial charge in [0.1, 0.15) is 6.23 Å². The van der Waals surface area contributed by atoms with Crippen molar-refractivity contribution in [3.05, 3.63) is 29.8 Å². The standard InChI is InChI=1S/C25H42N4O2/c1-4-6-15-25(16-7-5-2)19-23(31)29(24(26)28-25)17-10-8-9-14-22(30)27-21-13-11-12-20(3)18-21/h11-13,18,23,31H,4-10,14-17,19H2,1-3H3,(H2,26,28)(H,27,30). The molecule has 1 aliphatic rings. The smallest absolute Gasteiger partial charge is 0.224 e. The highest BCUT2D eigenvalue weighted by molar-refractivity contribution is 5.90. The first-order valence-corrected chi connectivity index (χ1v) is 12.1. The number of carbonyl (C=O) groups excluding carboxylic acids is 1. The van der Waals surface area contributed by atoms with Gasteiger partial charge < -0.3 is 21.1 Å². The topological polar surface area (TPSA) is 91.0 Å². The summed E-state index contributed by atoms with van der Waals surface area (Å²) in [5.74, 6) is 0.518. The molecule has 0 saturated carbocycles. The summed E-state index contributed by atoms with van der Waals surface area (Å²) in [5, 5.41) is 13.8. The second kappa shape index (κ2) is 12.7. The Morgan fingerprint density at radius 3 is 2.52 bits per heavy atom. The lowest BCUT2D eigenvalue weighted by atomic mass is 9.83. The number of hydrogen-bond donors (Lipinski definition) is 3. The number of amides is 1. The molecule has 0 aliphatic carbocycles. The Balaban J connectivity index is 1.78. The van der Waals surface area contributed by atoms with Crippen LogP contribution in [0, 0.1) is 6.92 Å². The summed E-state index contributed by atoms with van der Waals surface area (Å²) >= 11 is 0. The molecule has 1 atom stereocenters. The lowest BCUT2D eigenvalue weighted by Crippen LogP contribution is -2.54. The number of aliphatic imine (C=N–C) groups is 1. The molecule has 174 valence electrons. The highest BCUT2D eigenvalue weighted by Gasteiger charge is 2.38. The third kappa shape index (κ3) is 8.17. The minimum absolute atomic E-state index is 0.0429. The molecule has 2 rings (SSSR count). The van der Waals surface area contributed by atoms with Crippen LogP contribution in [0.4, 0.5) is 5.69 Å². The van der Waals surface area contributed by atoms with Crippen LogP contribution in [-0.2, 0) is 4.79 Å². The Kier molecular flexibility index (Phi) is 10.3. The molecule has 1 aliphatic heterocycles. The number of carbonyl (C=O) groups is 1. The molecule has 0 aromatic heterocycles. The monoisotopic (exact) mass is 430 g/mol. The van der Waals surface area contributed by atoms with Gasteiger partial charge in [-0.15, -0.1) is 0 Å². The van der Waals surface area contributed by atoms with Gasteiger partial charge in [0.05, 0.1) is 5.54 Å². The normalized spacial score (nSPS) is 18.0. The SMILES string of the molecule is CCCCC1(CCCC)CC(O)N(CCCCCC(=O)Nc2cccc(C)c2)C(N)=N1. The van der Waals surface area contributed by atoms with Crippen LogP contribution >= 0.6 is 0 Å². The minimum Gasteiger partial charge on any atom is -0.373 e. The van der Waals surface area contributed by atoms with Gasteiger partial charge in [0.2, 0.25) is 5.91 Å². The van der Waals surface area contributed by atoms with Gasteiger partial charge >= 0.3 is 0 Å². The van der Waals surface area contributed by atoms with Gasteiger partial charge in [-0.3, -0.25) is 4.79 Å². The van der Waals surface area contributed by atoms with Crippen molar-refractivity contribution in [3.8, 4) is 0 Å². The molecule has 1 heterocycles. The van der Waals surface area contributed by atoms with Crippen molar-refractivity contribution in [3.63, 3.8) is 0 Å². The van der Waals surface area contributed by atoms with Crippen LogP contribution < -0.4 is 11.1 Å². The number of guanidine groups is 1. The Morgan fingerprint density at radius 1 is 1.19 bits per heavy atom. The second-order valence-electron chi connectivity index (χ2n) is 9.01. The summed E-state index contributed by atoms with van der Waals surface area (Å²) in [4.78, 5) is 18.9. The second-order valence-corrected chi connectivity index (χ2v) is 9.01. The number of nitrogens with two attached hydrogens (primary N) is 1. The fourth-order valence-electron chi connectivity index (χ4n) is 4.36. The number of nitrogens with zero attached hydrogens (tertiary/aromatic N) is 2. The van der Waals surface area contributed by atoms with E-state index >= 15 is 0 Å². The van der Waals surface area contributed by atoms with Crippen molar-refractivity contribution in [2.24, 2.45) is 10.7 Å². The first-order valence-electron chi connectivity index (χ1n) is 12.1. The molecule has 6 heteroatoms. The predicted octanol–water partition coefficient (Wildman–Crippen LogP) is 4.95. The molecule has 6 nitrogen and oxygen atoms in total. The Labute approximate surface area is 188 Å². The van der Waals surface area contributed by atoms with Gasteiger partial charge in [-0.25, -0.2) is 4.99 Å². The van der Waals surface area contributed by atoms with E-state index < -0.39 is 6.23 Å². The third-order valence-corrected chi connectivity index (χ3v) is 6.16. The van der Waals surface area contributed by atoms with Crippen molar-refractivity contribution < 1.29 is 9.90 Å². The molecule has 0 radical (unpaired) electrons. The number of benzene rings is 1. The van der Waals surface area contributed by atoms with Gasteiger partial charge in [-0.2, -0.15) is 0 Å². The van der Waals surface area contributed by atoms with Crippen LogP contribution in [0.3, 0.4) is 0 Å². The quantitative estimate of drug-likeness (QED) is 0.386. The van der Waals surface area contributed by atoms with E-state index in [1.54, 1.807) is 0 Å². The molecule has 1 aromatic rings. The fraction of sp³-hybridized carbons (Fsp3) is 0.680. The molecular weight excluding hydrogens is 388 g/mol. The van der Waals surface area contributed by atoms with E-state index in [0.29, 0.717) is 25.3 Å². The van der Waals surface area contributed by atoms with Crippen LogP contribution in [0.1, 0.15) is 90.0 Å². The highest BCUT2D eigenvalue weighted by atomic mass is 16.3. The summed E-state index contributed by atoms with van der Waals surface area (Å²) in [6.07, 6.45) is 9.64. The fourth-order valence-corrected chi connectivity index (χ4v) is 4.36. The van der Waals surface area contributed by atoms with Crippen LogP contribution in [0.2, 0.25) is 0 Å². The molecular formula is C25H42N4O2. The molecule has 1 unspecified atom stereocenters. The van der Waals surface area contributed by atoms with E-state index in [1.807, 2.05) is 36.1 Å². The van der Waals surface area contributed by atoms with E-state index in [1.165, 1.54) is 0 Å². The van der Waals surface area contributed by atoms with Gasteiger partial charge in [0.15, 0.2) is 5.96 Å². The lowest BCUT2D eigenvalue weighted by Gasteiger charge is -2.42. The maximum absolute atomic E-state index is 12.1. The Bertz CT molecular complexity index is 711. The number of anilines is 1. The van der Waals surface area contributed by atoms with Gasteiger partial charge in [-0.05, 0) is 50.3 Å². The van der Waals surface area contributed by atoms with E-state index in [9.17, 15) is 9.90 Å². The number of hydrogen-bond acceptors (Lipinski definition) is 5. The number of aliphatic hydroxyl groups is 1. The van der Waals surface area contributed by atoms with Crippen molar-refractivity contribution in [1.29, 1.82) is 0 Å². The number of aliphatic hydroxyl groups excluding tert-OH is 1. The number of rotatable bonds is 13. The number of aryl methyl sites for hydroxylation is 1. The first-order chi connectivity index (χ1) is 14.9. The van der Waals surface area contributed by atoms with Crippen molar-refractivity contribution in [1.82, 2.24) is 4.90 Å². The molecule has 0 saturated heterocycles. The molecule has 1 amide bonds. The van der Waals surface area contributed by atoms with Crippen LogP contribution in [-0.4, -0.2) is 40.2 Å². The maximum atomic E-state index is 12.1. The number of unbranched alkanes of at least 4 members (excludes halogenated alkanes) is 4. The molecule has 1 aromatic carbocycles.